The molecule has 0 bridgehead atoms. The minimum atomic E-state index is -2.14. The fraction of sp³-hybridized carbons (Fsp3) is 0.857. The number of ketones is 3. The molecule has 0 radical (unpaired) electrons. The predicted molar refractivity (Wildman–Crippen MR) is 101 cm³/mol. The summed E-state index contributed by atoms with van der Waals surface area (Å²) in [5, 5.41) is 21.8. The van der Waals surface area contributed by atoms with Crippen LogP contribution in [0.2, 0.25) is 0 Å². The second-order valence-electron chi connectivity index (χ2n) is 9.10. The molecule has 5 heteroatoms. The molecule has 150 valence electrons. The normalized spacial score (nSPS) is 27.8. The summed E-state index contributed by atoms with van der Waals surface area (Å²) in [6.45, 7) is 11.7. The topological polar surface area (TPSA) is 91.7 Å². The Morgan fingerprint density at radius 1 is 0.962 bits per heavy atom. The average molecular weight is 369 g/mol. The summed E-state index contributed by atoms with van der Waals surface area (Å²) in [4.78, 5) is 38.3. The van der Waals surface area contributed by atoms with Crippen molar-refractivity contribution in [3.8, 4) is 0 Å². The van der Waals surface area contributed by atoms with E-state index in [2.05, 4.69) is 0 Å². The molecule has 0 spiro atoms. The summed E-state index contributed by atoms with van der Waals surface area (Å²) >= 11 is 0. The maximum atomic E-state index is 13.0. The Labute approximate surface area is 157 Å². The third kappa shape index (κ3) is 5.01. The van der Waals surface area contributed by atoms with Gasteiger partial charge >= 0.3 is 0 Å². The first-order valence-corrected chi connectivity index (χ1v) is 9.94. The van der Waals surface area contributed by atoms with Gasteiger partial charge < -0.3 is 10.2 Å². The van der Waals surface area contributed by atoms with Gasteiger partial charge in [0.2, 0.25) is 0 Å². The van der Waals surface area contributed by atoms with Gasteiger partial charge in [0.1, 0.15) is 5.92 Å². The fourth-order valence-corrected chi connectivity index (χ4v) is 3.75. The van der Waals surface area contributed by atoms with Gasteiger partial charge in [-0.3, -0.25) is 14.4 Å². The third-order valence-corrected chi connectivity index (χ3v) is 5.31. The zero-order chi connectivity index (χ0) is 20.2. The highest BCUT2D eigenvalue weighted by atomic mass is 16.4. The van der Waals surface area contributed by atoms with E-state index < -0.39 is 40.9 Å². The van der Waals surface area contributed by atoms with Gasteiger partial charge in [-0.2, -0.15) is 0 Å². The van der Waals surface area contributed by atoms with E-state index in [1.54, 1.807) is 0 Å². The molecule has 0 amide bonds. The van der Waals surface area contributed by atoms with Gasteiger partial charge in [0, 0.05) is 6.42 Å². The molecule has 0 heterocycles. The summed E-state index contributed by atoms with van der Waals surface area (Å²) in [7, 11) is 0. The Morgan fingerprint density at radius 3 is 1.96 bits per heavy atom. The fourth-order valence-electron chi connectivity index (χ4n) is 3.75. The van der Waals surface area contributed by atoms with Crippen molar-refractivity contribution in [3.05, 3.63) is 0 Å². The Kier molecular flexibility index (Phi) is 8.15. The minimum Gasteiger partial charge on any atom is -0.390 e. The molecule has 1 rings (SSSR count). The average Bonchev–Trinajstić information content (AvgIpc) is 2.69. The molecule has 5 nitrogen and oxygen atoms in total. The van der Waals surface area contributed by atoms with E-state index in [-0.39, 0.29) is 18.8 Å². The van der Waals surface area contributed by atoms with Gasteiger partial charge in [-0.05, 0) is 37.0 Å². The van der Waals surface area contributed by atoms with Crippen LogP contribution in [0.4, 0.5) is 0 Å². The van der Waals surface area contributed by atoms with E-state index in [1.807, 2.05) is 41.5 Å². The number of hydrogen-bond donors (Lipinski definition) is 2. The molecule has 0 saturated heterocycles. The Balaban J connectivity index is 3.17. The van der Waals surface area contributed by atoms with Crippen LogP contribution >= 0.6 is 0 Å². The molecule has 4 atom stereocenters. The summed E-state index contributed by atoms with van der Waals surface area (Å²) in [5.74, 6) is -3.54. The van der Waals surface area contributed by atoms with Gasteiger partial charge in [-0.25, -0.2) is 0 Å². The summed E-state index contributed by atoms with van der Waals surface area (Å²) in [5.41, 5.74) is -2.14. The molecular formula is C21H36O5. The molecule has 26 heavy (non-hydrogen) atoms. The first kappa shape index (κ1) is 23.0. The lowest BCUT2D eigenvalue weighted by Crippen LogP contribution is -2.52. The van der Waals surface area contributed by atoms with Crippen LogP contribution in [0.3, 0.4) is 0 Å². The van der Waals surface area contributed by atoms with E-state index in [0.717, 1.165) is 0 Å². The van der Waals surface area contributed by atoms with Gasteiger partial charge in [0.25, 0.3) is 0 Å². The number of rotatable bonds is 10. The van der Waals surface area contributed by atoms with Crippen LogP contribution < -0.4 is 0 Å². The molecule has 0 aromatic rings. The molecule has 2 N–H and O–H groups in total. The molecule has 0 aromatic carbocycles. The second kappa shape index (κ2) is 9.23. The zero-order valence-corrected chi connectivity index (χ0v) is 17.1. The third-order valence-electron chi connectivity index (χ3n) is 5.31. The van der Waals surface area contributed by atoms with Crippen molar-refractivity contribution in [2.45, 2.75) is 85.4 Å². The predicted octanol–water partition coefficient (Wildman–Crippen LogP) is 2.95. The number of aliphatic hydroxyl groups is 2. The highest BCUT2D eigenvalue weighted by Gasteiger charge is 2.63. The van der Waals surface area contributed by atoms with E-state index in [9.17, 15) is 24.6 Å². The number of carbonyl (C=O) groups is 3. The van der Waals surface area contributed by atoms with Crippen molar-refractivity contribution < 1.29 is 24.6 Å². The van der Waals surface area contributed by atoms with Gasteiger partial charge in [0.15, 0.2) is 23.0 Å². The quantitative estimate of drug-likeness (QED) is 0.579. The standard InChI is InChI=1S/C21H36O5/c1-12(2)7-9-15-19(24)18(16(22)11-14(5)6)20(25)21(15,26)17(23)10-8-13(3)4/h12-15,17-18,23,26H,7-11H2,1-6H3/t15?,17-,18?,21-/m1/s1. The van der Waals surface area contributed by atoms with Crippen LogP contribution in [0.1, 0.15) is 73.6 Å². The molecule has 1 fully saturated rings. The van der Waals surface area contributed by atoms with Crippen molar-refractivity contribution >= 4 is 17.3 Å². The maximum absolute atomic E-state index is 13.0. The molecular weight excluding hydrogens is 332 g/mol. The van der Waals surface area contributed by atoms with Crippen LogP contribution in [0, 0.1) is 29.6 Å². The van der Waals surface area contributed by atoms with Crippen LogP contribution in [-0.4, -0.2) is 39.3 Å². The summed E-state index contributed by atoms with van der Waals surface area (Å²) in [6.07, 6.45) is 0.618. The number of aliphatic hydroxyl groups excluding tert-OH is 1. The smallest absolute Gasteiger partial charge is 0.185 e. The molecule has 0 aromatic heterocycles. The first-order valence-electron chi connectivity index (χ1n) is 9.94. The van der Waals surface area contributed by atoms with Crippen molar-refractivity contribution in [1.29, 1.82) is 0 Å². The van der Waals surface area contributed by atoms with Crippen LogP contribution in [0.15, 0.2) is 0 Å². The van der Waals surface area contributed by atoms with E-state index in [4.69, 9.17) is 0 Å². The SMILES string of the molecule is CC(C)CCC1C(=O)C(C(=O)CC(C)C)C(=O)[C@]1(O)[C@H](O)CCC(C)C. The Hall–Kier alpha value is -1.07. The van der Waals surface area contributed by atoms with Gasteiger partial charge in [0.05, 0.1) is 12.0 Å². The summed E-state index contributed by atoms with van der Waals surface area (Å²) < 4.78 is 0. The number of Topliss-reactive ketones (excluding diaryl/α,β-unsaturated/α-hetero) is 3. The minimum absolute atomic E-state index is 0.0248. The van der Waals surface area contributed by atoms with Crippen LogP contribution in [-0.2, 0) is 14.4 Å². The monoisotopic (exact) mass is 368 g/mol. The Morgan fingerprint density at radius 2 is 1.50 bits per heavy atom. The van der Waals surface area contributed by atoms with Crippen LogP contribution in [0.25, 0.3) is 0 Å². The molecule has 1 aliphatic rings. The first-order chi connectivity index (χ1) is 11.9. The molecule has 1 saturated carbocycles. The van der Waals surface area contributed by atoms with Crippen molar-refractivity contribution in [2.24, 2.45) is 29.6 Å². The van der Waals surface area contributed by atoms with E-state index in [0.29, 0.717) is 31.1 Å². The largest absolute Gasteiger partial charge is 0.390 e. The maximum Gasteiger partial charge on any atom is 0.185 e. The van der Waals surface area contributed by atoms with Gasteiger partial charge in [-0.15, -0.1) is 0 Å². The molecule has 2 unspecified atom stereocenters. The lowest BCUT2D eigenvalue weighted by molar-refractivity contribution is -0.157. The van der Waals surface area contributed by atoms with Crippen molar-refractivity contribution in [1.82, 2.24) is 0 Å². The molecule has 1 aliphatic carbocycles. The lowest BCUT2D eigenvalue weighted by atomic mass is 9.78. The van der Waals surface area contributed by atoms with E-state index in [1.165, 1.54) is 0 Å². The highest BCUT2D eigenvalue weighted by molar-refractivity contribution is 6.27. The zero-order valence-electron chi connectivity index (χ0n) is 17.1. The second-order valence-corrected chi connectivity index (χ2v) is 9.10. The van der Waals surface area contributed by atoms with Crippen molar-refractivity contribution in [2.75, 3.05) is 0 Å². The summed E-state index contributed by atoms with van der Waals surface area (Å²) in [6, 6.07) is 0. The molecule has 0 aliphatic heterocycles. The number of hydrogen-bond acceptors (Lipinski definition) is 5. The lowest BCUT2D eigenvalue weighted by Gasteiger charge is -2.33. The Bertz CT molecular complexity index is 522. The van der Waals surface area contributed by atoms with Crippen LogP contribution in [0.5, 0.6) is 0 Å². The van der Waals surface area contributed by atoms with Crippen molar-refractivity contribution in [3.63, 3.8) is 0 Å². The van der Waals surface area contributed by atoms with E-state index >= 15 is 0 Å². The van der Waals surface area contributed by atoms with Gasteiger partial charge in [-0.1, -0.05) is 48.0 Å². The highest BCUT2D eigenvalue weighted by Crippen LogP contribution is 2.42. The number of carbonyl (C=O) groups excluding carboxylic acids is 3.